The van der Waals surface area contributed by atoms with Crippen molar-refractivity contribution in [2.75, 3.05) is 14.2 Å². The maximum Gasteiger partial charge on any atom is 0.343 e. The number of carbonyl (C=O) groups is 2. The minimum Gasteiger partial charge on any atom is -0.497 e. The largest absolute Gasteiger partial charge is 0.497 e. The number of nitrogens with one attached hydrogen (secondary N) is 1. The van der Waals surface area contributed by atoms with E-state index in [1.54, 1.807) is 25.3 Å². The van der Waals surface area contributed by atoms with Crippen LogP contribution in [0.2, 0.25) is 0 Å². The Balaban J connectivity index is 2.06. The molecule has 0 radical (unpaired) electrons. The van der Waals surface area contributed by atoms with Gasteiger partial charge in [-0.2, -0.15) is 0 Å². The summed E-state index contributed by atoms with van der Waals surface area (Å²) >= 11 is 0. The van der Waals surface area contributed by atoms with Crippen molar-refractivity contribution in [2.45, 2.75) is 18.9 Å². The highest BCUT2D eigenvalue weighted by atomic mass is 16.5. The number of methoxy groups -OCH3 is 2. The molecule has 1 N–H and O–H groups in total. The Bertz CT molecular complexity index is 598. The maximum atomic E-state index is 12.2. The van der Waals surface area contributed by atoms with Gasteiger partial charge in [0.15, 0.2) is 5.78 Å². The highest BCUT2D eigenvalue weighted by Gasteiger charge is 2.22. The second-order valence-electron chi connectivity index (χ2n) is 4.96. The highest BCUT2D eigenvalue weighted by molar-refractivity contribution is 6.22. The highest BCUT2D eigenvalue weighted by Crippen LogP contribution is 2.19. The van der Waals surface area contributed by atoms with E-state index in [4.69, 9.17) is 4.74 Å². The molecule has 116 valence electrons. The van der Waals surface area contributed by atoms with Gasteiger partial charge in [-0.15, -0.1) is 0 Å². The summed E-state index contributed by atoms with van der Waals surface area (Å²) in [4.78, 5) is 23.8. The van der Waals surface area contributed by atoms with Crippen molar-refractivity contribution in [3.63, 3.8) is 0 Å². The van der Waals surface area contributed by atoms with E-state index < -0.39 is 11.8 Å². The zero-order valence-corrected chi connectivity index (χ0v) is 12.7. The van der Waals surface area contributed by atoms with E-state index in [2.05, 4.69) is 10.1 Å². The zero-order valence-electron chi connectivity index (χ0n) is 12.7. The van der Waals surface area contributed by atoms with E-state index in [0.717, 1.165) is 24.2 Å². The molecule has 22 heavy (non-hydrogen) atoms. The van der Waals surface area contributed by atoms with Crippen LogP contribution in [0.4, 0.5) is 0 Å². The van der Waals surface area contributed by atoms with Crippen LogP contribution < -0.4 is 10.1 Å². The van der Waals surface area contributed by atoms with Crippen molar-refractivity contribution < 1.29 is 19.1 Å². The molecule has 0 bridgehead atoms. The number of hydrogen-bond acceptors (Lipinski definition) is 5. The molecule has 0 spiro atoms. The second-order valence-corrected chi connectivity index (χ2v) is 4.96. The van der Waals surface area contributed by atoms with Gasteiger partial charge in [-0.25, -0.2) is 4.79 Å². The molecule has 2 rings (SSSR count). The molecule has 0 atom stereocenters. The quantitative estimate of drug-likeness (QED) is 0.361. The van der Waals surface area contributed by atoms with Gasteiger partial charge in [-0.1, -0.05) is 18.2 Å². The molecule has 1 saturated carbocycles. The molecule has 1 aromatic rings. The van der Waals surface area contributed by atoms with Gasteiger partial charge in [0.25, 0.3) is 0 Å². The third kappa shape index (κ3) is 4.48. The summed E-state index contributed by atoms with van der Waals surface area (Å²) in [7, 11) is 2.85. The Morgan fingerprint density at radius 3 is 2.41 bits per heavy atom. The summed E-state index contributed by atoms with van der Waals surface area (Å²) in [5.41, 5.74) is 0.840. The fraction of sp³-hybridized carbons (Fsp3) is 0.294. The van der Waals surface area contributed by atoms with Crippen molar-refractivity contribution in [1.82, 2.24) is 5.32 Å². The van der Waals surface area contributed by atoms with Crippen LogP contribution in [0, 0.1) is 0 Å². The predicted molar refractivity (Wildman–Crippen MR) is 83.3 cm³/mol. The number of esters is 1. The van der Waals surface area contributed by atoms with Crippen LogP contribution >= 0.6 is 0 Å². The van der Waals surface area contributed by atoms with Crippen molar-refractivity contribution >= 4 is 17.8 Å². The zero-order chi connectivity index (χ0) is 15.9. The first-order chi connectivity index (χ1) is 10.6. The second kappa shape index (κ2) is 7.45. The molecule has 0 amide bonds. The van der Waals surface area contributed by atoms with Crippen molar-refractivity contribution in [3.05, 3.63) is 47.7 Å². The molecular weight excluding hydrogens is 282 g/mol. The van der Waals surface area contributed by atoms with Crippen LogP contribution in [-0.4, -0.2) is 32.0 Å². The van der Waals surface area contributed by atoms with Crippen LogP contribution in [0.25, 0.3) is 6.08 Å². The van der Waals surface area contributed by atoms with Crippen molar-refractivity contribution in [1.29, 1.82) is 0 Å². The van der Waals surface area contributed by atoms with E-state index in [-0.39, 0.29) is 5.57 Å². The van der Waals surface area contributed by atoms with Gasteiger partial charge in [0.2, 0.25) is 0 Å². The van der Waals surface area contributed by atoms with Crippen LogP contribution in [0.3, 0.4) is 0 Å². The summed E-state index contributed by atoms with van der Waals surface area (Å²) in [5.74, 6) is -0.291. The normalized spacial score (nSPS) is 14.7. The topological polar surface area (TPSA) is 64.6 Å². The molecule has 0 aromatic heterocycles. The lowest BCUT2D eigenvalue weighted by Gasteiger charge is -2.03. The molecular formula is C17H19NO4. The fourth-order valence-electron chi connectivity index (χ4n) is 1.77. The summed E-state index contributed by atoms with van der Waals surface area (Å²) in [6, 6.07) is 7.61. The fourth-order valence-corrected chi connectivity index (χ4v) is 1.77. The number of hydrogen-bond donors (Lipinski definition) is 1. The smallest absolute Gasteiger partial charge is 0.343 e. The average Bonchev–Trinajstić information content (AvgIpc) is 3.37. The lowest BCUT2D eigenvalue weighted by Crippen LogP contribution is -2.18. The van der Waals surface area contributed by atoms with Crippen molar-refractivity contribution in [3.8, 4) is 5.75 Å². The van der Waals surface area contributed by atoms with Gasteiger partial charge in [-0.05, 0) is 36.6 Å². The van der Waals surface area contributed by atoms with E-state index in [1.807, 2.05) is 12.1 Å². The number of benzene rings is 1. The third-order valence-corrected chi connectivity index (χ3v) is 3.25. The Morgan fingerprint density at radius 1 is 1.18 bits per heavy atom. The van der Waals surface area contributed by atoms with E-state index in [0.29, 0.717) is 6.04 Å². The van der Waals surface area contributed by atoms with Crippen molar-refractivity contribution in [2.24, 2.45) is 0 Å². The van der Waals surface area contributed by atoms with Gasteiger partial charge < -0.3 is 14.8 Å². The van der Waals surface area contributed by atoms with E-state index in [9.17, 15) is 9.59 Å². The van der Waals surface area contributed by atoms with Gasteiger partial charge in [-0.3, -0.25) is 4.79 Å². The number of rotatable bonds is 7. The third-order valence-electron chi connectivity index (χ3n) is 3.25. The maximum absolute atomic E-state index is 12.2. The lowest BCUT2D eigenvalue weighted by atomic mass is 10.1. The van der Waals surface area contributed by atoms with Gasteiger partial charge >= 0.3 is 5.97 Å². The molecule has 5 nitrogen and oxygen atoms in total. The standard InChI is InChI=1S/C17H19NO4/c1-21-14-8-3-12(4-9-14)5-10-16(19)15(17(20)22-2)11-18-13-6-7-13/h3-5,8-11,13,18H,6-7H2,1-2H3. The first kappa shape index (κ1) is 15.8. The van der Waals surface area contributed by atoms with E-state index in [1.165, 1.54) is 19.4 Å². The molecule has 1 aliphatic rings. The van der Waals surface area contributed by atoms with E-state index >= 15 is 0 Å². The molecule has 1 aliphatic carbocycles. The summed E-state index contributed by atoms with van der Waals surface area (Å²) in [5, 5.41) is 3.03. The first-order valence-corrected chi connectivity index (χ1v) is 7.05. The first-order valence-electron chi connectivity index (χ1n) is 7.05. The molecule has 0 aliphatic heterocycles. The van der Waals surface area contributed by atoms with Crippen LogP contribution in [-0.2, 0) is 14.3 Å². The summed E-state index contributed by atoms with van der Waals surface area (Å²) < 4.78 is 9.72. The number of ketones is 1. The number of carbonyl (C=O) groups excluding carboxylic acids is 2. The average molecular weight is 301 g/mol. The van der Waals surface area contributed by atoms with Gasteiger partial charge in [0.1, 0.15) is 11.3 Å². The Hall–Kier alpha value is -2.56. The SMILES string of the molecule is COC(=O)C(=CNC1CC1)C(=O)C=Cc1ccc(OC)cc1. The van der Waals surface area contributed by atoms with Crippen LogP contribution in [0.15, 0.2) is 42.1 Å². The van der Waals surface area contributed by atoms with Crippen LogP contribution in [0.5, 0.6) is 5.75 Å². The minimum absolute atomic E-state index is 0.000776. The molecule has 1 aromatic carbocycles. The lowest BCUT2D eigenvalue weighted by molar-refractivity contribution is -0.137. The Labute approximate surface area is 129 Å². The number of ether oxygens (including phenoxy) is 2. The summed E-state index contributed by atoms with van der Waals surface area (Å²) in [6.07, 6.45) is 6.57. The Morgan fingerprint density at radius 2 is 1.86 bits per heavy atom. The summed E-state index contributed by atoms with van der Waals surface area (Å²) in [6.45, 7) is 0. The monoisotopic (exact) mass is 301 g/mol. The molecule has 0 unspecified atom stereocenters. The van der Waals surface area contributed by atoms with Gasteiger partial charge in [0, 0.05) is 12.2 Å². The molecule has 0 saturated heterocycles. The molecule has 5 heteroatoms. The van der Waals surface area contributed by atoms with Gasteiger partial charge in [0.05, 0.1) is 14.2 Å². The van der Waals surface area contributed by atoms with Crippen LogP contribution in [0.1, 0.15) is 18.4 Å². The number of allylic oxidation sites excluding steroid dienone is 1. The minimum atomic E-state index is -0.641. The molecule has 1 fully saturated rings. The molecule has 0 heterocycles. The predicted octanol–water partition coefficient (Wildman–Crippen LogP) is 2.09. The Kier molecular flexibility index (Phi) is 5.36.